The number of hydrogen-bond acceptors (Lipinski definition) is 13. The third kappa shape index (κ3) is 17.3. The number of aromatic amines is 2. The number of nitrogens with zero attached hydrogens (tertiary/aromatic N) is 5. The predicted molar refractivity (Wildman–Crippen MR) is 203 cm³/mol. The Bertz CT molecular complexity index is 1860. The van der Waals surface area contributed by atoms with Gasteiger partial charge in [0.05, 0.1) is 53.2 Å². The average Bonchev–Trinajstić information content (AvgIpc) is 3.96. The number of nitrogens with two attached hydrogens (primary N) is 2. The van der Waals surface area contributed by atoms with Crippen LogP contribution in [0.5, 0.6) is 0 Å². The molecule has 0 atom stereocenters. The van der Waals surface area contributed by atoms with Crippen molar-refractivity contribution in [2.45, 2.75) is 6.92 Å². The number of anilines is 3. The Morgan fingerprint density at radius 3 is 2.02 bits per heavy atom. The number of rotatable bonds is 8. The van der Waals surface area contributed by atoms with Gasteiger partial charge in [-0.2, -0.15) is 15.5 Å². The van der Waals surface area contributed by atoms with Gasteiger partial charge in [0.15, 0.2) is 5.78 Å². The van der Waals surface area contributed by atoms with Gasteiger partial charge in [0, 0.05) is 51.6 Å². The lowest BCUT2D eigenvalue weighted by Crippen LogP contribution is -2.22. The molecule has 4 heterocycles. The topological polar surface area (TPSA) is 217 Å². The lowest BCUT2D eigenvalue weighted by atomic mass is 10.1. The zero-order valence-corrected chi connectivity index (χ0v) is 30.8. The molecule has 268 valence electrons. The number of nitrogen functional groups attached to an aromatic ring is 2. The smallest absolute Gasteiger partial charge is 0.262 e. The Balaban J connectivity index is 0.000000343. The van der Waals surface area contributed by atoms with Crippen LogP contribution in [0, 0.1) is 11.3 Å². The van der Waals surface area contributed by atoms with E-state index < -0.39 is 0 Å². The van der Waals surface area contributed by atoms with Gasteiger partial charge in [0.25, 0.3) is 5.24 Å². The number of carbonyl (C=O) groups is 4. The number of amides is 1. The van der Waals surface area contributed by atoms with E-state index in [4.69, 9.17) is 28.3 Å². The SMILES string of the molecule is CC(=O)N(C)c1cccc(C(=O)/C=C/N(C)C)c1.CO/C=C/C#N.Nc1[nH]ncc1C(=O)c1cccs1.Nc1ccn[nH]1.O=C(Cl)c1cccs1. The van der Waals surface area contributed by atoms with E-state index in [0.29, 0.717) is 38.2 Å². The maximum absolute atomic E-state index is 11.9. The highest BCUT2D eigenvalue weighted by Crippen LogP contribution is 2.18. The lowest BCUT2D eigenvalue weighted by molar-refractivity contribution is -0.116. The highest BCUT2D eigenvalue weighted by atomic mass is 35.5. The Labute approximate surface area is 308 Å². The van der Waals surface area contributed by atoms with E-state index in [1.807, 2.05) is 30.9 Å². The van der Waals surface area contributed by atoms with Crippen LogP contribution in [-0.2, 0) is 9.53 Å². The van der Waals surface area contributed by atoms with Crippen LogP contribution in [0.15, 0.2) is 102 Å². The van der Waals surface area contributed by atoms with Crippen molar-refractivity contribution >= 4 is 74.3 Å². The first-order valence-electron chi connectivity index (χ1n) is 14.5. The van der Waals surface area contributed by atoms with Crippen molar-refractivity contribution in [1.29, 1.82) is 5.26 Å². The van der Waals surface area contributed by atoms with Crippen molar-refractivity contribution in [3.8, 4) is 6.07 Å². The van der Waals surface area contributed by atoms with Crippen LogP contribution in [0.3, 0.4) is 0 Å². The molecule has 1 aromatic carbocycles. The number of methoxy groups -OCH3 is 1. The fraction of sp³-hybridized carbons (Fsp3) is 0.147. The van der Waals surface area contributed by atoms with Gasteiger partial charge in [0.1, 0.15) is 11.6 Å². The second-order valence-corrected chi connectivity index (χ2v) is 11.9. The molecular weight excluding hydrogens is 714 g/mol. The minimum atomic E-state index is -0.375. The molecule has 17 heteroatoms. The van der Waals surface area contributed by atoms with Gasteiger partial charge in [-0.25, -0.2) is 0 Å². The fourth-order valence-corrected chi connectivity index (χ4v) is 4.56. The molecule has 1 amide bonds. The largest absolute Gasteiger partial charge is 0.504 e. The molecular formula is C34H38ClN9O5S2. The predicted octanol–water partition coefficient (Wildman–Crippen LogP) is 6.00. The summed E-state index contributed by atoms with van der Waals surface area (Å²) >= 11 is 7.86. The number of carbonyl (C=O) groups excluding carboxylic acids is 4. The summed E-state index contributed by atoms with van der Waals surface area (Å²) in [5.41, 5.74) is 12.4. The third-order valence-electron chi connectivity index (χ3n) is 5.69. The van der Waals surface area contributed by atoms with E-state index in [1.54, 1.807) is 78.9 Å². The number of ketones is 2. The zero-order valence-electron chi connectivity index (χ0n) is 28.4. The number of nitriles is 1. The highest BCUT2D eigenvalue weighted by Gasteiger charge is 2.14. The summed E-state index contributed by atoms with van der Waals surface area (Å²) in [5, 5.41) is 23.4. The third-order valence-corrected chi connectivity index (χ3v) is 7.74. The summed E-state index contributed by atoms with van der Waals surface area (Å²) in [7, 11) is 6.88. The number of benzene rings is 1. The number of halogens is 1. The molecule has 0 aliphatic rings. The van der Waals surface area contributed by atoms with Gasteiger partial charge in [-0.3, -0.25) is 29.4 Å². The van der Waals surface area contributed by atoms with Crippen LogP contribution in [0.1, 0.15) is 42.2 Å². The van der Waals surface area contributed by atoms with E-state index >= 15 is 0 Å². The fourth-order valence-electron chi connectivity index (χ4n) is 3.14. The second-order valence-electron chi connectivity index (χ2n) is 9.71. The molecule has 0 aliphatic heterocycles. The number of thiophene rings is 2. The summed E-state index contributed by atoms with van der Waals surface area (Å²) in [6, 6.07) is 17.6. The van der Waals surface area contributed by atoms with Crippen LogP contribution in [0.25, 0.3) is 0 Å². The van der Waals surface area contributed by atoms with Crippen LogP contribution in [0.4, 0.5) is 17.3 Å². The Morgan fingerprint density at radius 1 is 0.961 bits per heavy atom. The Hall–Kier alpha value is -6.02. The summed E-state index contributed by atoms with van der Waals surface area (Å²) < 4.78 is 4.38. The van der Waals surface area contributed by atoms with Crippen LogP contribution >= 0.6 is 34.3 Å². The maximum atomic E-state index is 11.9. The van der Waals surface area contributed by atoms with Gasteiger partial charge >= 0.3 is 0 Å². The molecule has 0 saturated carbocycles. The van der Waals surface area contributed by atoms with Crippen LogP contribution in [0.2, 0.25) is 0 Å². The van der Waals surface area contributed by atoms with Crippen molar-refractivity contribution in [3.05, 3.63) is 123 Å². The lowest BCUT2D eigenvalue weighted by Gasteiger charge is -2.15. The van der Waals surface area contributed by atoms with Gasteiger partial charge in [-0.05, 0) is 52.7 Å². The highest BCUT2D eigenvalue weighted by molar-refractivity contribution is 7.14. The Kier molecular flexibility index (Phi) is 20.4. The summed E-state index contributed by atoms with van der Waals surface area (Å²) in [6.07, 6.45) is 8.84. The monoisotopic (exact) mass is 751 g/mol. The Morgan fingerprint density at radius 2 is 1.63 bits per heavy atom. The van der Waals surface area contributed by atoms with Gasteiger partial charge in [-0.15, -0.1) is 22.7 Å². The van der Waals surface area contributed by atoms with Crippen molar-refractivity contribution in [1.82, 2.24) is 25.3 Å². The first kappa shape index (κ1) is 43.0. The van der Waals surface area contributed by atoms with Gasteiger partial charge < -0.3 is 26.0 Å². The maximum Gasteiger partial charge on any atom is 0.262 e. The standard InChI is InChI=1S/C14H18N2O2.C8H7N3OS.C5H3ClOS.C4H5NO.C3H5N3/c1-11(17)16(4)13-7-5-6-12(10-13)14(18)8-9-15(2)3;9-8-5(4-10-11-8)7(12)6-2-1-3-13-6;6-5(7)4-2-1-3-8-4;1-6-4-2-3-5;4-3-1-2-5-6-3/h5-10H,1-4H3;1-4H,(H3,9,10,11);1-3H;2,4H,1H3;1-2H,(H3,4,5,6)/b9-8+;;;4-2+;. The van der Waals surface area contributed by atoms with E-state index in [9.17, 15) is 19.2 Å². The van der Waals surface area contributed by atoms with E-state index in [1.165, 1.54) is 66.2 Å². The van der Waals surface area contributed by atoms with E-state index in [-0.39, 0.29) is 22.7 Å². The normalized spacial score (nSPS) is 9.67. The van der Waals surface area contributed by atoms with E-state index in [2.05, 4.69) is 25.1 Å². The molecule has 0 saturated heterocycles. The molecule has 51 heavy (non-hydrogen) atoms. The molecule has 0 aliphatic carbocycles. The number of aromatic nitrogens is 4. The molecule has 5 rings (SSSR count). The number of H-pyrrole nitrogens is 2. The zero-order chi connectivity index (χ0) is 38.2. The molecule has 0 fully saturated rings. The number of allylic oxidation sites excluding steroid dienone is 2. The molecule has 0 radical (unpaired) electrons. The first-order chi connectivity index (χ1) is 24.3. The molecule has 6 N–H and O–H groups in total. The number of nitrogens with one attached hydrogen (secondary N) is 2. The van der Waals surface area contributed by atoms with Crippen LogP contribution < -0.4 is 16.4 Å². The minimum absolute atomic E-state index is 0.0663. The second kappa shape index (κ2) is 24.2. The van der Waals surface area contributed by atoms with Crippen molar-refractivity contribution in [2.75, 3.05) is 44.6 Å². The van der Waals surface area contributed by atoms with Gasteiger partial charge in [0.2, 0.25) is 11.7 Å². The average molecular weight is 752 g/mol. The van der Waals surface area contributed by atoms with E-state index in [0.717, 1.165) is 0 Å². The molecule has 5 aromatic rings. The molecule has 0 spiro atoms. The summed E-state index contributed by atoms with van der Waals surface area (Å²) in [6.45, 7) is 1.49. The van der Waals surface area contributed by atoms with Crippen molar-refractivity contribution in [3.63, 3.8) is 0 Å². The summed E-state index contributed by atoms with van der Waals surface area (Å²) in [4.78, 5) is 49.7. The summed E-state index contributed by atoms with van der Waals surface area (Å²) in [5.74, 6) is 0.695. The molecule has 4 aromatic heterocycles. The molecule has 0 bridgehead atoms. The van der Waals surface area contributed by atoms with Gasteiger partial charge in [-0.1, -0.05) is 24.3 Å². The minimum Gasteiger partial charge on any atom is -0.504 e. The van der Waals surface area contributed by atoms with Crippen molar-refractivity contribution < 1.29 is 23.9 Å². The van der Waals surface area contributed by atoms with Crippen LogP contribution in [-0.4, -0.2) is 76.3 Å². The number of ether oxygens (including phenoxy) is 1. The quantitative estimate of drug-likeness (QED) is 0.0474. The first-order valence-corrected chi connectivity index (χ1v) is 16.6. The molecule has 14 nitrogen and oxygen atoms in total. The molecule has 0 unspecified atom stereocenters. The van der Waals surface area contributed by atoms with Crippen molar-refractivity contribution in [2.24, 2.45) is 0 Å². The number of hydrogen-bond donors (Lipinski definition) is 4.